The molecule has 0 amide bonds. The Kier molecular flexibility index (Phi) is 4.14. The topological polar surface area (TPSA) is 77.3 Å². The fourth-order valence-electron chi connectivity index (χ4n) is 1.74. The summed E-state index contributed by atoms with van der Waals surface area (Å²) in [7, 11) is 1.52. The standard InChI is InChI=1S/C14H15N3O3/c1-10-3-4-11(8-15-10)9-16-13-7-12(20-2)5-6-14(13)17(18)19/h3-8,16H,9H2,1-2H3. The Balaban J connectivity index is 2.18. The van der Waals surface area contributed by atoms with Crippen LogP contribution in [0.25, 0.3) is 0 Å². The van der Waals surface area contributed by atoms with Crippen LogP contribution in [0.1, 0.15) is 11.3 Å². The van der Waals surface area contributed by atoms with Crippen LogP contribution in [-0.2, 0) is 6.54 Å². The lowest BCUT2D eigenvalue weighted by atomic mass is 10.2. The third kappa shape index (κ3) is 3.23. The number of hydrogen-bond donors (Lipinski definition) is 1. The SMILES string of the molecule is COc1ccc([N+](=O)[O-])c(NCc2ccc(C)nc2)c1. The summed E-state index contributed by atoms with van der Waals surface area (Å²) >= 11 is 0. The van der Waals surface area contributed by atoms with Crippen molar-refractivity contribution < 1.29 is 9.66 Å². The average Bonchev–Trinajstić information content (AvgIpc) is 2.46. The first kappa shape index (κ1) is 13.8. The number of aromatic nitrogens is 1. The van der Waals surface area contributed by atoms with Gasteiger partial charge in [-0.05, 0) is 24.6 Å². The van der Waals surface area contributed by atoms with Crippen LogP contribution in [0.5, 0.6) is 5.75 Å². The van der Waals surface area contributed by atoms with Crippen LogP contribution in [0.3, 0.4) is 0 Å². The summed E-state index contributed by atoms with van der Waals surface area (Å²) in [5.41, 5.74) is 2.33. The van der Waals surface area contributed by atoms with E-state index in [1.54, 1.807) is 18.3 Å². The number of nitrogens with one attached hydrogen (secondary N) is 1. The van der Waals surface area contributed by atoms with Crippen LogP contribution >= 0.6 is 0 Å². The molecule has 1 aromatic heterocycles. The lowest BCUT2D eigenvalue weighted by molar-refractivity contribution is -0.384. The highest BCUT2D eigenvalue weighted by atomic mass is 16.6. The van der Waals surface area contributed by atoms with Crippen LogP contribution in [0, 0.1) is 17.0 Å². The Bertz CT molecular complexity index is 612. The first-order valence-corrected chi connectivity index (χ1v) is 6.08. The first-order valence-electron chi connectivity index (χ1n) is 6.08. The third-order valence-electron chi connectivity index (χ3n) is 2.86. The summed E-state index contributed by atoms with van der Waals surface area (Å²) in [5, 5.41) is 14.0. The van der Waals surface area contributed by atoms with Gasteiger partial charge < -0.3 is 10.1 Å². The lowest BCUT2D eigenvalue weighted by Gasteiger charge is -2.09. The number of ether oxygens (including phenoxy) is 1. The fraction of sp³-hybridized carbons (Fsp3) is 0.214. The van der Waals surface area contributed by atoms with E-state index in [9.17, 15) is 10.1 Å². The number of anilines is 1. The summed E-state index contributed by atoms with van der Waals surface area (Å²) < 4.78 is 5.08. The highest BCUT2D eigenvalue weighted by Gasteiger charge is 2.14. The van der Waals surface area contributed by atoms with Crippen LogP contribution in [-0.4, -0.2) is 17.0 Å². The Labute approximate surface area is 116 Å². The molecule has 0 fully saturated rings. The van der Waals surface area contributed by atoms with E-state index >= 15 is 0 Å². The van der Waals surface area contributed by atoms with E-state index in [2.05, 4.69) is 10.3 Å². The monoisotopic (exact) mass is 273 g/mol. The second-order valence-corrected chi connectivity index (χ2v) is 4.30. The number of nitrogens with zero attached hydrogens (tertiary/aromatic N) is 2. The highest BCUT2D eigenvalue weighted by molar-refractivity contribution is 5.64. The zero-order chi connectivity index (χ0) is 14.5. The van der Waals surface area contributed by atoms with Crippen molar-refractivity contribution in [3.8, 4) is 5.75 Å². The molecule has 6 heteroatoms. The molecule has 0 saturated heterocycles. The molecule has 0 bridgehead atoms. The van der Waals surface area contributed by atoms with Crippen LogP contribution in [0.15, 0.2) is 36.5 Å². The molecule has 20 heavy (non-hydrogen) atoms. The van der Waals surface area contributed by atoms with Crippen molar-refractivity contribution >= 4 is 11.4 Å². The van der Waals surface area contributed by atoms with Crippen LogP contribution in [0.4, 0.5) is 11.4 Å². The van der Waals surface area contributed by atoms with Gasteiger partial charge in [0, 0.05) is 30.6 Å². The van der Waals surface area contributed by atoms with E-state index in [4.69, 9.17) is 4.74 Å². The van der Waals surface area contributed by atoms with Gasteiger partial charge in [0.2, 0.25) is 0 Å². The number of aryl methyl sites for hydroxylation is 1. The number of benzene rings is 1. The van der Waals surface area contributed by atoms with Crippen molar-refractivity contribution in [3.05, 3.63) is 57.9 Å². The predicted molar refractivity (Wildman–Crippen MR) is 75.9 cm³/mol. The van der Waals surface area contributed by atoms with E-state index in [-0.39, 0.29) is 5.69 Å². The molecular weight excluding hydrogens is 258 g/mol. The summed E-state index contributed by atoms with van der Waals surface area (Å²) in [4.78, 5) is 14.8. The molecule has 1 aromatic carbocycles. The van der Waals surface area contributed by atoms with E-state index in [1.165, 1.54) is 13.2 Å². The minimum atomic E-state index is -0.421. The molecule has 0 spiro atoms. The smallest absolute Gasteiger partial charge is 0.292 e. The van der Waals surface area contributed by atoms with Gasteiger partial charge in [0.1, 0.15) is 11.4 Å². The molecule has 0 saturated carbocycles. The molecular formula is C14H15N3O3. The molecule has 0 radical (unpaired) electrons. The Morgan fingerprint density at radius 2 is 2.15 bits per heavy atom. The molecule has 1 heterocycles. The zero-order valence-electron chi connectivity index (χ0n) is 11.3. The minimum absolute atomic E-state index is 0.0193. The maximum atomic E-state index is 11.0. The second kappa shape index (κ2) is 6.01. The van der Waals surface area contributed by atoms with Gasteiger partial charge in [-0.3, -0.25) is 15.1 Å². The number of pyridine rings is 1. The summed E-state index contributed by atoms with van der Waals surface area (Å²) in [6.45, 7) is 2.37. The number of rotatable bonds is 5. The van der Waals surface area contributed by atoms with E-state index in [0.29, 0.717) is 18.0 Å². The summed E-state index contributed by atoms with van der Waals surface area (Å²) in [6, 6.07) is 8.43. The Hall–Kier alpha value is -2.63. The molecule has 0 aliphatic carbocycles. The molecule has 1 N–H and O–H groups in total. The molecule has 0 aliphatic heterocycles. The van der Waals surface area contributed by atoms with E-state index in [0.717, 1.165) is 11.3 Å². The Morgan fingerprint density at radius 3 is 2.75 bits per heavy atom. The average molecular weight is 273 g/mol. The molecule has 2 aromatic rings. The van der Waals surface area contributed by atoms with Crippen LogP contribution in [0.2, 0.25) is 0 Å². The quantitative estimate of drug-likeness (QED) is 0.669. The van der Waals surface area contributed by atoms with Gasteiger partial charge in [0.15, 0.2) is 0 Å². The molecule has 104 valence electrons. The number of nitro groups is 1. The molecule has 0 atom stereocenters. The fourth-order valence-corrected chi connectivity index (χ4v) is 1.74. The zero-order valence-corrected chi connectivity index (χ0v) is 11.3. The van der Waals surface area contributed by atoms with Gasteiger partial charge in [-0.25, -0.2) is 0 Å². The van der Waals surface area contributed by atoms with Crippen molar-refractivity contribution in [3.63, 3.8) is 0 Å². The minimum Gasteiger partial charge on any atom is -0.497 e. The highest BCUT2D eigenvalue weighted by Crippen LogP contribution is 2.29. The third-order valence-corrected chi connectivity index (χ3v) is 2.86. The molecule has 0 aliphatic rings. The van der Waals surface area contributed by atoms with Gasteiger partial charge in [0.25, 0.3) is 5.69 Å². The van der Waals surface area contributed by atoms with Gasteiger partial charge in [-0.1, -0.05) is 6.07 Å². The Morgan fingerprint density at radius 1 is 1.35 bits per heavy atom. The molecule has 2 rings (SSSR count). The largest absolute Gasteiger partial charge is 0.497 e. The van der Waals surface area contributed by atoms with Gasteiger partial charge >= 0.3 is 0 Å². The molecule has 6 nitrogen and oxygen atoms in total. The van der Waals surface area contributed by atoms with E-state index < -0.39 is 4.92 Å². The lowest BCUT2D eigenvalue weighted by Crippen LogP contribution is -2.03. The normalized spacial score (nSPS) is 10.1. The van der Waals surface area contributed by atoms with Crippen molar-refractivity contribution in [2.45, 2.75) is 13.5 Å². The van der Waals surface area contributed by atoms with Crippen molar-refractivity contribution in [1.29, 1.82) is 0 Å². The van der Waals surface area contributed by atoms with Gasteiger partial charge in [-0.2, -0.15) is 0 Å². The summed E-state index contributed by atoms with van der Waals surface area (Å²) in [6.07, 6.45) is 1.74. The first-order chi connectivity index (χ1) is 9.60. The van der Waals surface area contributed by atoms with Gasteiger partial charge in [-0.15, -0.1) is 0 Å². The molecule has 0 unspecified atom stereocenters. The van der Waals surface area contributed by atoms with Crippen LogP contribution < -0.4 is 10.1 Å². The van der Waals surface area contributed by atoms with Crippen molar-refractivity contribution in [1.82, 2.24) is 4.98 Å². The van der Waals surface area contributed by atoms with Crippen molar-refractivity contribution in [2.75, 3.05) is 12.4 Å². The van der Waals surface area contributed by atoms with E-state index in [1.807, 2.05) is 19.1 Å². The maximum absolute atomic E-state index is 11.0. The summed E-state index contributed by atoms with van der Waals surface area (Å²) in [5.74, 6) is 0.570. The maximum Gasteiger partial charge on any atom is 0.292 e. The number of hydrogen-bond acceptors (Lipinski definition) is 5. The van der Waals surface area contributed by atoms with Gasteiger partial charge in [0.05, 0.1) is 12.0 Å². The van der Waals surface area contributed by atoms with Crippen molar-refractivity contribution in [2.24, 2.45) is 0 Å². The second-order valence-electron chi connectivity index (χ2n) is 4.30. The number of nitro benzene ring substituents is 1. The number of methoxy groups -OCH3 is 1. The predicted octanol–water partition coefficient (Wildman–Crippen LogP) is 2.92.